The van der Waals surface area contributed by atoms with E-state index >= 15 is 0 Å². The fourth-order valence-corrected chi connectivity index (χ4v) is 3.69. The highest BCUT2D eigenvalue weighted by molar-refractivity contribution is 7.89. The van der Waals surface area contributed by atoms with Crippen LogP contribution >= 0.6 is 0 Å². The Hall–Kier alpha value is -1.71. The first-order valence-electron chi connectivity index (χ1n) is 7.47. The quantitative estimate of drug-likeness (QED) is 0.570. The number of rotatable bonds is 7. The third-order valence-corrected chi connectivity index (χ3v) is 5.36. The molecule has 0 amide bonds. The molecule has 0 bridgehead atoms. The predicted octanol–water partition coefficient (Wildman–Crippen LogP) is 1.27. The minimum atomic E-state index is -3.71. The predicted molar refractivity (Wildman–Crippen MR) is 85.0 cm³/mol. The summed E-state index contributed by atoms with van der Waals surface area (Å²) in [4.78, 5) is 10.2. The van der Waals surface area contributed by atoms with E-state index in [9.17, 15) is 18.5 Å². The van der Waals surface area contributed by atoms with Gasteiger partial charge in [0.05, 0.1) is 16.9 Å². The van der Waals surface area contributed by atoms with Crippen LogP contribution in [-0.4, -0.2) is 40.1 Å². The second-order valence-electron chi connectivity index (χ2n) is 5.49. The number of nitrogens with one attached hydrogen (secondary N) is 2. The standard InChI is InChI=1S/C14H21N3O5S/c1-22-14-9-12(4-5-13(14)17(18)19)23(20,21)16-8-6-11-3-2-7-15-10-11/h4-5,9,11,15-16H,2-3,6-8,10H2,1H3. The molecule has 9 heteroatoms. The number of nitro benzene ring substituents is 1. The van der Waals surface area contributed by atoms with E-state index in [0.29, 0.717) is 12.5 Å². The van der Waals surface area contributed by atoms with Crippen molar-refractivity contribution < 1.29 is 18.1 Å². The minimum absolute atomic E-state index is 0.0401. The zero-order valence-electron chi connectivity index (χ0n) is 12.9. The first-order chi connectivity index (χ1) is 10.9. The van der Waals surface area contributed by atoms with E-state index in [1.165, 1.54) is 19.2 Å². The van der Waals surface area contributed by atoms with E-state index in [-0.39, 0.29) is 16.3 Å². The van der Waals surface area contributed by atoms with Crippen molar-refractivity contribution in [3.05, 3.63) is 28.3 Å². The summed E-state index contributed by atoms with van der Waals surface area (Å²) in [5.74, 6) is 0.396. The van der Waals surface area contributed by atoms with Crippen LogP contribution in [0.25, 0.3) is 0 Å². The molecule has 1 unspecified atom stereocenters. The van der Waals surface area contributed by atoms with E-state index in [2.05, 4.69) is 10.0 Å². The van der Waals surface area contributed by atoms with Gasteiger partial charge >= 0.3 is 5.69 Å². The molecule has 1 atom stereocenters. The smallest absolute Gasteiger partial charge is 0.310 e. The maximum absolute atomic E-state index is 12.3. The highest BCUT2D eigenvalue weighted by atomic mass is 32.2. The number of hydrogen-bond acceptors (Lipinski definition) is 6. The van der Waals surface area contributed by atoms with Crippen LogP contribution in [0, 0.1) is 16.0 Å². The SMILES string of the molecule is COc1cc(S(=O)(=O)NCCC2CCCNC2)ccc1[N+](=O)[O-]. The van der Waals surface area contributed by atoms with Crippen LogP contribution in [-0.2, 0) is 10.0 Å². The number of methoxy groups -OCH3 is 1. The first kappa shape index (κ1) is 17.6. The number of ether oxygens (including phenoxy) is 1. The highest BCUT2D eigenvalue weighted by Gasteiger charge is 2.21. The summed E-state index contributed by atoms with van der Waals surface area (Å²) in [6.07, 6.45) is 2.97. The highest BCUT2D eigenvalue weighted by Crippen LogP contribution is 2.29. The molecule has 128 valence electrons. The summed E-state index contributed by atoms with van der Waals surface area (Å²) in [7, 11) is -2.44. The summed E-state index contributed by atoms with van der Waals surface area (Å²) in [5.41, 5.74) is -0.264. The van der Waals surface area contributed by atoms with E-state index in [0.717, 1.165) is 38.4 Å². The molecule has 23 heavy (non-hydrogen) atoms. The number of nitrogens with zero attached hydrogens (tertiary/aromatic N) is 1. The van der Waals surface area contributed by atoms with Crippen LogP contribution in [0.3, 0.4) is 0 Å². The van der Waals surface area contributed by atoms with Gasteiger partial charge in [0, 0.05) is 18.7 Å². The van der Waals surface area contributed by atoms with Crippen LogP contribution in [0.4, 0.5) is 5.69 Å². The van der Waals surface area contributed by atoms with Gasteiger partial charge in [-0.25, -0.2) is 13.1 Å². The fraction of sp³-hybridized carbons (Fsp3) is 0.571. The van der Waals surface area contributed by atoms with Crippen molar-refractivity contribution in [2.24, 2.45) is 5.92 Å². The monoisotopic (exact) mass is 343 g/mol. The van der Waals surface area contributed by atoms with E-state index in [4.69, 9.17) is 4.74 Å². The summed E-state index contributed by atoms with van der Waals surface area (Å²) in [5, 5.41) is 14.1. The van der Waals surface area contributed by atoms with E-state index < -0.39 is 14.9 Å². The molecular formula is C14H21N3O5S. The molecule has 0 aromatic heterocycles. The maximum atomic E-state index is 12.3. The van der Waals surface area contributed by atoms with Crippen molar-refractivity contribution in [3.63, 3.8) is 0 Å². The molecule has 1 heterocycles. The Balaban J connectivity index is 2.02. The Morgan fingerprint density at radius 3 is 2.87 bits per heavy atom. The third-order valence-electron chi connectivity index (χ3n) is 3.90. The Labute approximate surface area is 135 Å². The minimum Gasteiger partial charge on any atom is -0.490 e. The zero-order valence-corrected chi connectivity index (χ0v) is 13.8. The normalized spacial score (nSPS) is 18.6. The molecule has 0 radical (unpaired) electrons. The molecule has 1 aromatic carbocycles. The molecule has 0 saturated carbocycles. The van der Waals surface area contributed by atoms with Crippen molar-refractivity contribution >= 4 is 15.7 Å². The van der Waals surface area contributed by atoms with Crippen molar-refractivity contribution in [2.75, 3.05) is 26.7 Å². The van der Waals surface area contributed by atoms with Gasteiger partial charge in [0.15, 0.2) is 5.75 Å². The van der Waals surface area contributed by atoms with E-state index in [1.54, 1.807) is 0 Å². The lowest BCUT2D eigenvalue weighted by atomic mass is 9.96. The van der Waals surface area contributed by atoms with Gasteiger partial charge in [-0.1, -0.05) is 0 Å². The Morgan fingerprint density at radius 1 is 1.48 bits per heavy atom. The van der Waals surface area contributed by atoms with Gasteiger partial charge < -0.3 is 10.1 Å². The summed E-state index contributed by atoms with van der Waals surface area (Å²) in [6, 6.07) is 3.52. The average Bonchev–Trinajstić information content (AvgIpc) is 2.55. The Kier molecular flexibility index (Phi) is 5.91. The lowest BCUT2D eigenvalue weighted by Crippen LogP contribution is -2.33. The summed E-state index contributed by atoms with van der Waals surface area (Å²) >= 11 is 0. The third kappa shape index (κ3) is 4.63. The number of nitro groups is 1. The topological polar surface area (TPSA) is 111 Å². The molecule has 2 rings (SSSR count). The zero-order chi connectivity index (χ0) is 16.9. The lowest BCUT2D eigenvalue weighted by molar-refractivity contribution is -0.385. The molecule has 1 aliphatic rings. The number of piperidine rings is 1. The van der Waals surface area contributed by atoms with Crippen LogP contribution in [0.2, 0.25) is 0 Å². The largest absolute Gasteiger partial charge is 0.490 e. The Bertz CT molecular complexity index is 656. The van der Waals surface area contributed by atoms with Crippen LogP contribution in [0.5, 0.6) is 5.75 Å². The lowest BCUT2D eigenvalue weighted by Gasteiger charge is -2.22. The van der Waals surface area contributed by atoms with Crippen molar-refractivity contribution in [1.82, 2.24) is 10.0 Å². The van der Waals surface area contributed by atoms with Gasteiger partial charge in [0.1, 0.15) is 0 Å². The molecule has 1 fully saturated rings. The average molecular weight is 343 g/mol. The van der Waals surface area contributed by atoms with Gasteiger partial charge in [-0.2, -0.15) is 0 Å². The van der Waals surface area contributed by atoms with Crippen molar-refractivity contribution in [2.45, 2.75) is 24.2 Å². The number of sulfonamides is 1. The maximum Gasteiger partial charge on any atom is 0.310 e. The fourth-order valence-electron chi connectivity index (χ4n) is 2.63. The molecule has 1 aromatic rings. The summed E-state index contributed by atoms with van der Waals surface area (Å²) < 4.78 is 32.0. The Morgan fingerprint density at radius 2 is 2.26 bits per heavy atom. The second-order valence-corrected chi connectivity index (χ2v) is 7.26. The van der Waals surface area contributed by atoms with Gasteiger partial charge in [0.25, 0.3) is 0 Å². The molecule has 8 nitrogen and oxygen atoms in total. The van der Waals surface area contributed by atoms with Crippen molar-refractivity contribution in [3.8, 4) is 5.75 Å². The van der Waals surface area contributed by atoms with Gasteiger partial charge in [-0.05, 0) is 44.3 Å². The molecule has 1 aliphatic heterocycles. The molecule has 0 spiro atoms. The molecular weight excluding hydrogens is 322 g/mol. The van der Waals surface area contributed by atoms with Gasteiger partial charge in [-0.15, -0.1) is 0 Å². The number of benzene rings is 1. The van der Waals surface area contributed by atoms with Crippen LogP contribution in [0.1, 0.15) is 19.3 Å². The van der Waals surface area contributed by atoms with Crippen LogP contribution < -0.4 is 14.8 Å². The summed E-state index contributed by atoms with van der Waals surface area (Å²) in [6.45, 7) is 2.27. The van der Waals surface area contributed by atoms with E-state index in [1.807, 2.05) is 0 Å². The molecule has 1 saturated heterocycles. The first-order valence-corrected chi connectivity index (χ1v) is 8.95. The van der Waals surface area contributed by atoms with Gasteiger partial charge in [-0.3, -0.25) is 10.1 Å². The molecule has 2 N–H and O–H groups in total. The van der Waals surface area contributed by atoms with Crippen molar-refractivity contribution in [1.29, 1.82) is 0 Å². The van der Waals surface area contributed by atoms with Gasteiger partial charge in [0.2, 0.25) is 10.0 Å². The van der Waals surface area contributed by atoms with Crippen LogP contribution in [0.15, 0.2) is 23.1 Å². The second kappa shape index (κ2) is 7.71. The number of hydrogen-bond donors (Lipinski definition) is 2. The molecule has 0 aliphatic carbocycles.